The monoisotopic (exact) mass is 513 g/mol. The summed E-state index contributed by atoms with van der Waals surface area (Å²) < 4.78 is 1.83. The number of likely N-dealkylation sites (tertiary alicyclic amines) is 1. The summed E-state index contributed by atoms with van der Waals surface area (Å²) in [5.74, 6) is 2.41. The molecule has 0 radical (unpaired) electrons. The standard InChI is InChI=1S/C30H27N9/c1-2-5-22(6-3-1)25-20-39-26(11-16-33-39)34-27(25)23-9-7-21(8-10-23)19-38-17-12-24(13-18-38)28-35-30(37-36-28)29-31-14-4-15-32-29/h1-11,14-16,20,24H,12-13,17-19H2,(H,35,36,37). The molecule has 0 saturated carbocycles. The molecule has 1 aliphatic heterocycles. The molecule has 1 saturated heterocycles. The number of hydrogen-bond donors (Lipinski definition) is 1. The Balaban J connectivity index is 1.04. The van der Waals surface area contributed by atoms with Crippen molar-refractivity contribution in [3.05, 3.63) is 103 Å². The van der Waals surface area contributed by atoms with Gasteiger partial charge in [0.1, 0.15) is 5.82 Å². The molecule has 1 N–H and O–H groups in total. The van der Waals surface area contributed by atoms with E-state index in [1.165, 1.54) is 5.56 Å². The number of piperidine rings is 1. The zero-order valence-corrected chi connectivity index (χ0v) is 21.4. The molecule has 39 heavy (non-hydrogen) atoms. The van der Waals surface area contributed by atoms with Gasteiger partial charge in [-0.25, -0.2) is 24.5 Å². The van der Waals surface area contributed by atoms with Crippen LogP contribution in [0.4, 0.5) is 0 Å². The molecule has 1 aliphatic rings. The smallest absolute Gasteiger partial charge is 0.218 e. The van der Waals surface area contributed by atoms with Crippen LogP contribution in [0.3, 0.4) is 0 Å². The first kappa shape index (κ1) is 23.4. The molecular formula is C30H27N9. The van der Waals surface area contributed by atoms with Crippen LogP contribution in [0.2, 0.25) is 0 Å². The van der Waals surface area contributed by atoms with Crippen LogP contribution in [0.5, 0.6) is 0 Å². The van der Waals surface area contributed by atoms with Crippen molar-refractivity contribution in [2.24, 2.45) is 0 Å². The first-order valence-electron chi connectivity index (χ1n) is 13.2. The minimum atomic E-state index is 0.370. The molecular weight excluding hydrogens is 486 g/mol. The van der Waals surface area contributed by atoms with E-state index in [4.69, 9.17) is 4.98 Å². The van der Waals surface area contributed by atoms with Gasteiger partial charge in [0.15, 0.2) is 11.5 Å². The van der Waals surface area contributed by atoms with E-state index < -0.39 is 0 Å². The van der Waals surface area contributed by atoms with E-state index >= 15 is 0 Å². The van der Waals surface area contributed by atoms with Crippen LogP contribution in [0.25, 0.3) is 39.7 Å². The summed E-state index contributed by atoms with van der Waals surface area (Å²) in [7, 11) is 0. The first-order chi connectivity index (χ1) is 19.3. The van der Waals surface area contributed by atoms with Gasteiger partial charge in [0.05, 0.1) is 11.9 Å². The maximum atomic E-state index is 4.95. The van der Waals surface area contributed by atoms with Crippen molar-refractivity contribution in [1.82, 2.24) is 44.6 Å². The van der Waals surface area contributed by atoms with Crippen molar-refractivity contribution in [1.29, 1.82) is 0 Å². The molecule has 6 aromatic rings. The highest BCUT2D eigenvalue weighted by Gasteiger charge is 2.24. The molecule has 0 atom stereocenters. The molecule has 9 nitrogen and oxygen atoms in total. The molecule has 4 aromatic heterocycles. The van der Waals surface area contributed by atoms with Crippen molar-refractivity contribution in [2.45, 2.75) is 25.3 Å². The number of aromatic amines is 1. The highest BCUT2D eigenvalue weighted by atomic mass is 15.2. The van der Waals surface area contributed by atoms with Crippen molar-refractivity contribution >= 4 is 5.65 Å². The summed E-state index contributed by atoms with van der Waals surface area (Å²) in [4.78, 5) is 20.6. The molecule has 192 valence electrons. The molecule has 0 bridgehead atoms. The second-order valence-electron chi connectivity index (χ2n) is 9.87. The van der Waals surface area contributed by atoms with Crippen LogP contribution in [-0.4, -0.2) is 57.7 Å². The number of rotatable bonds is 6. The van der Waals surface area contributed by atoms with E-state index in [0.29, 0.717) is 17.6 Å². The van der Waals surface area contributed by atoms with Crippen LogP contribution in [0.1, 0.15) is 30.1 Å². The number of fused-ring (bicyclic) bond motifs is 1. The molecule has 0 amide bonds. The predicted octanol–water partition coefficient (Wildman–Crippen LogP) is 5.02. The van der Waals surface area contributed by atoms with E-state index in [1.54, 1.807) is 24.7 Å². The number of aromatic nitrogens is 8. The van der Waals surface area contributed by atoms with Gasteiger partial charge in [-0.1, -0.05) is 54.6 Å². The molecule has 2 aromatic carbocycles. The topological polar surface area (TPSA) is 101 Å². The van der Waals surface area contributed by atoms with Crippen molar-refractivity contribution in [3.8, 4) is 34.0 Å². The van der Waals surface area contributed by atoms with E-state index in [1.807, 2.05) is 16.6 Å². The Morgan fingerprint density at radius 2 is 1.56 bits per heavy atom. The maximum Gasteiger partial charge on any atom is 0.218 e. The van der Waals surface area contributed by atoms with Gasteiger partial charge >= 0.3 is 0 Å². The molecule has 9 heteroatoms. The van der Waals surface area contributed by atoms with E-state index in [-0.39, 0.29) is 0 Å². The van der Waals surface area contributed by atoms with Crippen molar-refractivity contribution in [3.63, 3.8) is 0 Å². The normalized spacial score (nSPS) is 14.7. The fraction of sp³-hybridized carbons (Fsp3) is 0.200. The summed E-state index contributed by atoms with van der Waals surface area (Å²) >= 11 is 0. The van der Waals surface area contributed by atoms with Crippen LogP contribution < -0.4 is 0 Å². The second kappa shape index (κ2) is 10.2. The van der Waals surface area contributed by atoms with Gasteiger partial charge in [0, 0.05) is 48.2 Å². The quantitative estimate of drug-likeness (QED) is 0.334. The first-order valence-corrected chi connectivity index (χ1v) is 13.2. The van der Waals surface area contributed by atoms with Gasteiger partial charge in [0.2, 0.25) is 5.82 Å². The average molecular weight is 514 g/mol. The Bertz CT molecular complexity index is 1680. The average Bonchev–Trinajstić information content (AvgIpc) is 3.68. The maximum absolute atomic E-state index is 4.95. The Morgan fingerprint density at radius 1 is 0.769 bits per heavy atom. The van der Waals surface area contributed by atoms with Crippen molar-refractivity contribution in [2.75, 3.05) is 13.1 Å². The Labute approximate surface area is 225 Å². The number of hydrogen-bond acceptors (Lipinski definition) is 7. The lowest BCUT2D eigenvalue weighted by atomic mass is 9.95. The van der Waals surface area contributed by atoms with E-state index in [9.17, 15) is 0 Å². The molecule has 0 spiro atoms. The molecule has 1 fully saturated rings. The van der Waals surface area contributed by atoms with Crippen LogP contribution in [0.15, 0.2) is 91.5 Å². The Kier molecular flexibility index (Phi) is 6.10. The third-order valence-electron chi connectivity index (χ3n) is 7.34. The number of nitrogens with one attached hydrogen (secondary N) is 1. The SMILES string of the molecule is c1ccc(-c2cn3nccc3nc2-c2ccc(CN3CCC(c4nc(-c5ncccn5)n[nH]4)CC3)cc2)cc1. The summed E-state index contributed by atoms with van der Waals surface area (Å²) in [6.45, 7) is 2.96. The fourth-order valence-electron chi connectivity index (χ4n) is 5.26. The minimum absolute atomic E-state index is 0.370. The van der Waals surface area contributed by atoms with Gasteiger partial charge in [-0.15, -0.1) is 5.10 Å². The van der Waals surface area contributed by atoms with Gasteiger partial charge in [-0.3, -0.25) is 10.00 Å². The second-order valence-corrected chi connectivity index (χ2v) is 9.87. The Morgan fingerprint density at radius 3 is 2.36 bits per heavy atom. The van der Waals surface area contributed by atoms with Gasteiger partial charge < -0.3 is 0 Å². The van der Waals surface area contributed by atoms with E-state index in [0.717, 1.165) is 66.3 Å². The van der Waals surface area contributed by atoms with Crippen LogP contribution in [-0.2, 0) is 6.54 Å². The lowest BCUT2D eigenvalue weighted by Gasteiger charge is -2.31. The zero-order chi connectivity index (χ0) is 26.0. The molecule has 0 unspecified atom stereocenters. The summed E-state index contributed by atoms with van der Waals surface area (Å²) in [6, 6.07) is 22.9. The third kappa shape index (κ3) is 4.80. The van der Waals surface area contributed by atoms with Gasteiger partial charge in [-0.05, 0) is 43.1 Å². The fourth-order valence-corrected chi connectivity index (χ4v) is 5.26. The van der Waals surface area contributed by atoms with Gasteiger partial charge in [0.25, 0.3) is 0 Å². The summed E-state index contributed by atoms with van der Waals surface area (Å²) in [6.07, 6.45) is 9.35. The van der Waals surface area contributed by atoms with Crippen LogP contribution in [0, 0.1) is 0 Å². The number of benzene rings is 2. The molecule has 7 rings (SSSR count). The molecule has 0 aliphatic carbocycles. The lowest BCUT2D eigenvalue weighted by molar-refractivity contribution is 0.202. The molecule has 5 heterocycles. The predicted molar refractivity (Wildman–Crippen MR) is 149 cm³/mol. The third-order valence-corrected chi connectivity index (χ3v) is 7.34. The van der Waals surface area contributed by atoms with Gasteiger partial charge in [-0.2, -0.15) is 5.10 Å². The highest BCUT2D eigenvalue weighted by Crippen LogP contribution is 2.32. The largest absolute Gasteiger partial charge is 0.299 e. The summed E-state index contributed by atoms with van der Waals surface area (Å²) in [5.41, 5.74) is 6.40. The lowest BCUT2D eigenvalue weighted by Crippen LogP contribution is -2.32. The minimum Gasteiger partial charge on any atom is -0.299 e. The summed E-state index contributed by atoms with van der Waals surface area (Å²) in [5, 5.41) is 11.8. The van der Waals surface area contributed by atoms with Crippen molar-refractivity contribution < 1.29 is 0 Å². The number of nitrogens with zero attached hydrogens (tertiary/aromatic N) is 8. The highest BCUT2D eigenvalue weighted by molar-refractivity contribution is 5.81. The van der Waals surface area contributed by atoms with Crippen LogP contribution >= 0.6 is 0 Å². The van der Waals surface area contributed by atoms with E-state index in [2.05, 4.69) is 89.9 Å². The Hall–Kier alpha value is -4.76. The zero-order valence-electron chi connectivity index (χ0n) is 21.4. The number of H-pyrrole nitrogens is 1.